The van der Waals surface area contributed by atoms with Gasteiger partial charge in [0.1, 0.15) is 5.75 Å². The summed E-state index contributed by atoms with van der Waals surface area (Å²) in [5, 5.41) is 11.6. The molecule has 0 saturated carbocycles. The Morgan fingerprint density at radius 2 is 2.26 bits per heavy atom. The van der Waals surface area contributed by atoms with Crippen LogP contribution in [0, 0.1) is 11.3 Å². The van der Waals surface area contributed by atoms with Crippen LogP contribution in [-0.4, -0.2) is 43.6 Å². The van der Waals surface area contributed by atoms with Crippen molar-refractivity contribution in [1.29, 1.82) is 5.26 Å². The number of rotatable bonds is 4. The summed E-state index contributed by atoms with van der Waals surface area (Å²) in [7, 11) is 2.04. The Morgan fingerprint density at radius 1 is 1.53 bits per heavy atom. The molecule has 1 unspecified atom stereocenters. The maximum absolute atomic E-state index is 11.7. The van der Waals surface area contributed by atoms with Crippen molar-refractivity contribution in [3.05, 3.63) is 29.8 Å². The van der Waals surface area contributed by atoms with Gasteiger partial charge in [0.15, 0.2) is 6.61 Å². The standard InChI is InChI=1S/C14H17N3O2/c1-17-7-6-12(9-17)16-14(18)10-19-13-4-2-11(8-15)3-5-13/h2-5,12H,6-7,9-10H2,1H3,(H,16,18). The summed E-state index contributed by atoms with van der Waals surface area (Å²) in [6, 6.07) is 8.97. The van der Waals surface area contributed by atoms with Gasteiger partial charge in [-0.05, 0) is 44.3 Å². The fourth-order valence-electron chi connectivity index (χ4n) is 2.10. The summed E-state index contributed by atoms with van der Waals surface area (Å²) in [6.45, 7) is 1.91. The Morgan fingerprint density at radius 3 is 2.84 bits per heavy atom. The number of likely N-dealkylation sites (N-methyl/N-ethyl adjacent to an activating group) is 1. The molecule has 1 atom stereocenters. The molecule has 100 valence electrons. The average Bonchev–Trinajstić information content (AvgIpc) is 2.82. The number of nitrogens with one attached hydrogen (secondary N) is 1. The molecule has 0 aliphatic carbocycles. The monoisotopic (exact) mass is 259 g/mol. The van der Waals surface area contributed by atoms with Gasteiger partial charge >= 0.3 is 0 Å². The second-order valence-electron chi connectivity index (χ2n) is 4.74. The highest BCUT2D eigenvalue weighted by Crippen LogP contribution is 2.11. The van der Waals surface area contributed by atoms with Crippen LogP contribution in [0.5, 0.6) is 5.75 Å². The quantitative estimate of drug-likeness (QED) is 0.867. The van der Waals surface area contributed by atoms with Crippen molar-refractivity contribution in [2.75, 3.05) is 26.7 Å². The van der Waals surface area contributed by atoms with Crippen molar-refractivity contribution in [2.24, 2.45) is 0 Å². The molecule has 1 heterocycles. The SMILES string of the molecule is CN1CCC(NC(=O)COc2ccc(C#N)cc2)C1. The molecule has 1 aromatic rings. The first-order valence-corrected chi connectivity index (χ1v) is 6.28. The van der Waals surface area contributed by atoms with Crippen molar-refractivity contribution in [2.45, 2.75) is 12.5 Å². The second-order valence-corrected chi connectivity index (χ2v) is 4.74. The predicted molar refractivity (Wildman–Crippen MR) is 70.7 cm³/mol. The van der Waals surface area contributed by atoms with E-state index in [1.165, 1.54) is 0 Å². The minimum atomic E-state index is -0.107. The number of ether oxygens (including phenoxy) is 1. The van der Waals surface area contributed by atoms with Gasteiger partial charge in [-0.1, -0.05) is 0 Å². The molecule has 1 aliphatic rings. The van der Waals surface area contributed by atoms with Crippen LogP contribution < -0.4 is 10.1 Å². The summed E-state index contributed by atoms with van der Waals surface area (Å²) < 4.78 is 5.37. The van der Waals surface area contributed by atoms with Crippen LogP contribution in [0.3, 0.4) is 0 Å². The zero-order valence-corrected chi connectivity index (χ0v) is 10.9. The molecular formula is C14H17N3O2. The minimum absolute atomic E-state index is 0.00607. The molecule has 0 aromatic heterocycles. The fourth-order valence-corrected chi connectivity index (χ4v) is 2.10. The maximum atomic E-state index is 11.7. The molecule has 0 bridgehead atoms. The highest BCUT2D eigenvalue weighted by Gasteiger charge is 2.20. The van der Waals surface area contributed by atoms with E-state index in [9.17, 15) is 4.79 Å². The third kappa shape index (κ3) is 3.97. The number of hydrogen-bond donors (Lipinski definition) is 1. The van der Waals surface area contributed by atoms with Gasteiger partial charge in [0, 0.05) is 12.6 Å². The molecule has 1 amide bonds. The maximum Gasteiger partial charge on any atom is 0.258 e. The van der Waals surface area contributed by atoms with Crippen LogP contribution in [0.15, 0.2) is 24.3 Å². The van der Waals surface area contributed by atoms with E-state index < -0.39 is 0 Å². The van der Waals surface area contributed by atoms with Gasteiger partial charge in [0.2, 0.25) is 0 Å². The molecule has 1 N–H and O–H groups in total. The molecule has 1 fully saturated rings. The number of carbonyl (C=O) groups is 1. The van der Waals surface area contributed by atoms with Gasteiger partial charge in [-0.3, -0.25) is 4.79 Å². The molecule has 5 heteroatoms. The Bertz CT molecular complexity index is 478. The molecule has 0 radical (unpaired) electrons. The summed E-state index contributed by atoms with van der Waals surface area (Å²) >= 11 is 0. The smallest absolute Gasteiger partial charge is 0.258 e. The third-order valence-electron chi connectivity index (χ3n) is 3.11. The van der Waals surface area contributed by atoms with E-state index in [1.807, 2.05) is 13.1 Å². The van der Waals surface area contributed by atoms with Crippen molar-refractivity contribution in [1.82, 2.24) is 10.2 Å². The topological polar surface area (TPSA) is 65.4 Å². The van der Waals surface area contributed by atoms with E-state index in [4.69, 9.17) is 10.00 Å². The summed E-state index contributed by atoms with van der Waals surface area (Å²) in [6.07, 6.45) is 0.985. The van der Waals surface area contributed by atoms with E-state index in [1.54, 1.807) is 24.3 Å². The van der Waals surface area contributed by atoms with Crippen LogP contribution in [0.2, 0.25) is 0 Å². The first-order chi connectivity index (χ1) is 9.17. The summed E-state index contributed by atoms with van der Waals surface area (Å²) in [5.41, 5.74) is 0.575. The van der Waals surface area contributed by atoms with Crippen molar-refractivity contribution in [3.63, 3.8) is 0 Å². The van der Waals surface area contributed by atoms with E-state index >= 15 is 0 Å². The molecule has 1 aliphatic heterocycles. The number of amides is 1. The predicted octanol–water partition coefficient (Wildman–Crippen LogP) is 0.757. The van der Waals surface area contributed by atoms with Gasteiger partial charge in [-0.2, -0.15) is 5.26 Å². The number of hydrogen-bond acceptors (Lipinski definition) is 4. The van der Waals surface area contributed by atoms with Crippen LogP contribution >= 0.6 is 0 Å². The summed E-state index contributed by atoms with van der Waals surface area (Å²) in [4.78, 5) is 13.9. The normalized spacial score (nSPS) is 18.8. The Balaban J connectivity index is 1.75. The Hall–Kier alpha value is -2.06. The zero-order valence-electron chi connectivity index (χ0n) is 10.9. The molecule has 5 nitrogen and oxygen atoms in total. The zero-order chi connectivity index (χ0) is 13.7. The first-order valence-electron chi connectivity index (χ1n) is 6.28. The van der Waals surface area contributed by atoms with Gasteiger partial charge < -0.3 is 15.0 Å². The lowest BCUT2D eigenvalue weighted by Crippen LogP contribution is -2.39. The largest absolute Gasteiger partial charge is 0.484 e. The number of likely N-dealkylation sites (tertiary alicyclic amines) is 1. The molecule has 1 aromatic carbocycles. The molecular weight excluding hydrogens is 242 g/mol. The average molecular weight is 259 g/mol. The summed E-state index contributed by atoms with van der Waals surface area (Å²) in [5.74, 6) is 0.488. The van der Waals surface area contributed by atoms with Gasteiger partial charge in [-0.25, -0.2) is 0 Å². The van der Waals surface area contributed by atoms with E-state index in [0.717, 1.165) is 19.5 Å². The lowest BCUT2D eigenvalue weighted by Gasteiger charge is -2.13. The van der Waals surface area contributed by atoms with Crippen LogP contribution in [0.25, 0.3) is 0 Å². The number of benzene rings is 1. The minimum Gasteiger partial charge on any atom is -0.484 e. The first kappa shape index (κ1) is 13.4. The third-order valence-corrected chi connectivity index (χ3v) is 3.11. The molecule has 1 saturated heterocycles. The molecule has 2 rings (SSSR count). The van der Waals surface area contributed by atoms with Crippen molar-refractivity contribution < 1.29 is 9.53 Å². The van der Waals surface area contributed by atoms with Crippen LogP contribution in [0.4, 0.5) is 0 Å². The lowest BCUT2D eigenvalue weighted by atomic mass is 10.2. The Kier molecular flexibility index (Phi) is 4.37. The van der Waals surface area contributed by atoms with Crippen molar-refractivity contribution in [3.8, 4) is 11.8 Å². The van der Waals surface area contributed by atoms with Crippen LogP contribution in [-0.2, 0) is 4.79 Å². The molecule has 0 spiro atoms. The van der Waals surface area contributed by atoms with E-state index in [0.29, 0.717) is 11.3 Å². The fraction of sp³-hybridized carbons (Fsp3) is 0.429. The lowest BCUT2D eigenvalue weighted by molar-refractivity contribution is -0.123. The highest BCUT2D eigenvalue weighted by molar-refractivity contribution is 5.77. The number of nitrogens with zero attached hydrogens (tertiary/aromatic N) is 2. The van der Waals surface area contributed by atoms with Gasteiger partial charge in [0.25, 0.3) is 5.91 Å². The van der Waals surface area contributed by atoms with Gasteiger partial charge in [0.05, 0.1) is 11.6 Å². The van der Waals surface area contributed by atoms with Crippen molar-refractivity contribution >= 4 is 5.91 Å². The van der Waals surface area contributed by atoms with Gasteiger partial charge in [-0.15, -0.1) is 0 Å². The van der Waals surface area contributed by atoms with E-state index in [-0.39, 0.29) is 18.6 Å². The molecule has 19 heavy (non-hydrogen) atoms. The second kappa shape index (κ2) is 6.21. The number of nitriles is 1. The number of carbonyl (C=O) groups excluding carboxylic acids is 1. The highest BCUT2D eigenvalue weighted by atomic mass is 16.5. The van der Waals surface area contributed by atoms with Crippen LogP contribution in [0.1, 0.15) is 12.0 Å². The van der Waals surface area contributed by atoms with E-state index in [2.05, 4.69) is 10.2 Å². The Labute approximate surface area is 112 Å².